The number of benzene rings is 2. The summed E-state index contributed by atoms with van der Waals surface area (Å²) in [5.74, 6) is -0.172. The van der Waals surface area contributed by atoms with Crippen molar-refractivity contribution in [1.82, 2.24) is 0 Å². The smallest absolute Gasteiger partial charge is 0.266 e. The van der Waals surface area contributed by atoms with Gasteiger partial charge in [0.15, 0.2) is 0 Å². The second-order valence-corrected chi connectivity index (χ2v) is 6.20. The maximum atomic E-state index is 12.0. The van der Waals surface area contributed by atoms with Crippen LogP contribution >= 0.6 is 27.7 Å². The third kappa shape index (κ3) is 2.92. The van der Waals surface area contributed by atoms with Crippen LogP contribution in [0.2, 0.25) is 0 Å². The zero-order valence-electron chi connectivity index (χ0n) is 10.4. The van der Waals surface area contributed by atoms with Crippen LogP contribution in [0.25, 0.3) is 6.08 Å². The van der Waals surface area contributed by atoms with Crippen LogP contribution in [0.15, 0.2) is 69.0 Å². The number of rotatable bonds is 2. The molecule has 1 aliphatic heterocycles. The van der Waals surface area contributed by atoms with E-state index < -0.39 is 0 Å². The first kappa shape index (κ1) is 13.3. The molecule has 1 amide bonds. The molecule has 2 aromatic rings. The lowest BCUT2D eigenvalue weighted by Gasteiger charge is -1.99. The van der Waals surface area contributed by atoms with Crippen LogP contribution in [0.3, 0.4) is 0 Å². The molecule has 98 valence electrons. The van der Waals surface area contributed by atoms with Crippen LogP contribution in [0, 0.1) is 0 Å². The van der Waals surface area contributed by atoms with E-state index >= 15 is 0 Å². The fraction of sp³-hybridized carbons (Fsp3) is 0. The maximum absolute atomic E-state index is 12.0. The van der Waals surface area contributed by atoms with Gasteiger partial charge in [0.05, 0.1) is 4.91 Å². The molecule has 0 fully saturated rings. The lowest BCUT2D eigenvalue weighted by atomic mass is 10.2. The van der Waals surface area contributed by atoms with E-state index in [1.54, 1.807) is 0 Å². The van der Waals surface area contributed by atoms with Crippen LogP contribution in [0.5, 0.6) is 0 Å². The zero-order chi connectivity index (χ0) is 13.9. The van der Waals surface area contributed by atoms with Gasteiger partial charge < -0.3 is 0 Å². The van der Waals surface area contributed by atoms with E-state index in [2.05, 4.69) is 20.9 Å². The van der Waals surface area contributed by atoms with Gasteiger partial charge in [0.2, 0.25) is 0 Å². The second kappa shape index (κ2) is 5.77. The normalized spacial score (nSPS) is 16.6. The number of amides is 1. The molecule has 0 aliphatic carbocycles. The first-order valence-corrected chi connectivity index (χ1v) is 7.67. The average molecular weight is 344 g/mol. The van der Waals surface area contributed by atoms with Crippen molar-refractivity contribution in [2.45, 2.75) is 0 Å². The van der Waals surface area contributed by atoms with Crippen LogP contribution in [0.4, 0.5) is 0 Å². The van der Waals surface area contributed by atoms with E-state index in [0.29, 0.717) is 4.91 Å². The summed E-state index contributed by atoms with van der Waals surface area (Å²) in [5.41, 5.74) is 1.96. The van der Waals surface area contributed by atoms with E-state index in [-0.39, 0.29) is 5.91 Å². The van der Waals surface area contributed by atoms with Crippen molar-refractivity contribution in [1.29, 1.82) is 0 Å². The fourth-order valence-corrected chi connectivity index (χ4v) is 3.20. The van der Waals surface area contributed by atoms with Gasteiger partial charge in [-0.05, 0) is 23.8 Å². The molecule has 3 rings (SSSR count). The Bertz CT molecular complexity index is 722. The average Bonchev–Trinajstić information content (AvgIpc) is 2.81. The number of halogens is 1. The Morgan fingerprint density at radius 2 is 1.85 bits per heavy atom. The van der Waals surface area contributed by atoms with Crippen LogP contribution in [-0.4, -0.2) is 11.0 Å². The minimum Gasteiger partial charge on any atom is -0.266 e. The van der Waals surface area contributed by atoms with Gasteiger partial charge in [-0.2, -0.15) is 0 Å². The SMILES string of the molecule is O=C1N=C(c2ccccc2)SC1=Cc1cccc(Br)c1. The molecule has 20 heavy (non-hydrogen) atoms. The van der Waals surface area contributed by atoms with E-state index in [4.69, 9.17) is 0 Å². The summed E-state index contributed by atoms with van der Waals surface area (Å²) in [6.07, 6.45) is 1.87. The highest BCUT2D eigenvalue weighted by molar-refractivity contribution is 9.10. The first-order chi connectivity index (χ1) is 9.72. The molecule has 0 atom stereocenters. The molecular weight excluding hydrogens is 334 g/mol. The van der Waals surface area contributed by atoms with Gasteiger partial charge in [-0.1, -0.05) is 70.2 Å². The summed E-state index contributed by atoms with van der Waals surface area (Å²) in [6.45, 7) is 0. The third-order valence-corrected chi connectivity index (χ3v) is 4.31. The van der Waals surface area contributed by atoms with Crippen molar-refractivity contribution in [3.8, 4) is 0 Å². The lowest BCUT2D eigenvalue weighted by Crippen LogP contribution is -1.89. The Morgan fingerprint density at radius 3 is 2.60 bits per heavy atom. The predicted molar refractivity (Wildman–Crippen MR) is 87.7 cm³/mol. The van der Waals surface area contributed by atoms with Crippen LogP contribution in [0.1, 0.15) is 11.1 Å². The molecule has 0 bridgehead atoms. The summed E-state index contributed by atoms with van der Waals surface area (Å²) in [5, 5.41) is 0.761. The molecule has 4 heteroatoms. The van der Waals surface area contributed by atoms with Crippen molar-refractivity contribution in [2.75, 3.05) is 0 Å². The van der Waals surface area contributed by atoms with Crippen molar-refractivity contribution in [3.05, 3.63) is 75.1 Å². The molecule has 0 saturated heterocycles. The number of nitrogens with zero attached hydrogens (tertiary/aromatic N) is 1. The molecule has 0 aromatic heterocycles. The molecule has 0 unspecified atom stereocenters. The number of carbonyl (C=O) groups excluding carboxylic acids is 1. The Labute approximate surface area is 129 Å². The number of hydrogen-bond acceptors (Lipinski definition) is 2. The highest BCUT2D eigenvalue weighted by Crippen LogP contribution is 2.31. The summed E-state index contributed by atoms with van der Waals surface area (Å²) >= 11 is 4.84. The van der Waals surface area contributed by atoms with Gasteiger partial charge in [0.25, 0.3) is 5.91 Å². The number of hydrogen-bond donors (Lipinski definition) is 0. The molecule has 0 spiro atoms. The largest absolute Gasteiger partial charge is 0.284 e. The van der Waals surface area contributed by atoms with E-state index in [9.17, 15) is 4.79 Å². The minimum absolute atomic E-state index is 0.172. The Hall–Kier alpha value is -1.65. The highest BCUT2D eigenvalue weighted by atomic mass is 79.9. The van der Waals surface area contributed by atoms with Gasteiger partial charge in [0.1, 0.15) is 5.04 Å². The Kier molecular flexibility index (Phi) is 3.85. The van der Waals surface area contributed by atoms with Crippen molar-refractivity contribution in [2.24, 2.45) is 4.99 Å². The second-order valence-electron chi connectivity index (χ2n) is 4.25. The molecular formula is C16H10BrNOS. The molecule has 0 saturated carbocycles. The quantitative estimate of drug-likeness (QED) is 0.750. The van der Waals surface area contributed by atoms with Crippen LogP contribution in [-0.2, 0) is 4.79 Å². The Morgan fingerprint density at radius 1 is 1.05 bits per heavy atom. The monoisotopic (exact) mass is 343 g/mol. The van der Waals surface area contributed by atoms with Gasteiger partial charge in [-0.15, -0.1) is 0 Å². The predicted octanol–water partition coefficient (Wildman–Crippen LogP) is 4.51. The molecule has 1 heterocycles. The summed E-state index contributed by atoms with van der Waals surface area (Å²) in [6, 6.07) is 17.6. The van der Waals surface area contributed by atoms with E-state index in [1.165, 1.54) is 11.8 Å². The van der Waals surface area contributed by atoms with E-state index in [0.717, 1.165) is 20.6 Å². The van der Waals surface area contributed by atoms with Gasteiger partial charge in [-0.3, -0.25) is 4.79 Å². The van der Waals surface area contributed by atoms with Gasteiger partial charge in [0, 0.05) is 10.0 Å². The van der Waals surface area contributed by atoms with Crippen LogP contribution < -0.4 is 0 Å². The van der Waals surface area contributed by atoms with Crippen molar-refractivity contribution >= 4 is 44.7 Å². The molecule has 0 N–H and O–H groups in total. The maximum Gasteiger partial charge on any atom is 0.284 e. The summed E-state index contributed by atoms with van der Waals surface area (Å²) in [7, 11) is 0. The number of carbonyl (C=O) groups is 1. The summed E-state index contributed by atoms with van der Waals surface area (Å²) < 4.78 is 0.992. The van der Waals surface area contributed by atoms with Gasteiger partial charge in [-0.25, -0.2) is 4.99 Å². The van der Waals surface area contributed by atoms with E-state index in [1.807, 2.05) is 60.7 Å². The zero-order valence-corrected chi connectivity index (χ0v) is 12.8. The lowest BCUT2D eigenvalue weighted by molar-refractivity contribution is -0.113. The first-order valence-electron chi connectivity index (χ1n) is 6.06. The van der Waals surface area contributed by atoms with Crippen molar-refractivity contribution < 1.29 is 4.79 Å². The molecule has 2 aromatic carbocycles. The standard InChI is InChI=1S/C16H10BrNOS/c17-13-8-4-5-11(9-13)10-14-15(19)18-16(20-14)12-6-2-1-3-7-12/h1-10H. The molecule has 2 nitrogen and oxygen atoms in total. The minimum atomic E-state index is -0.172. The number of aliphatic imine (C=N–C) groups is 1. The number of thioether (sulfide) groups is 1. The van der Waals surface area contributed by atoms with Crippen molar-refractivity contribution in [3.63, 3.8) is 0 Å². The molecule has 1 aliphatic rings. The topological polar surface area (TPSA) is 29.4 Å². The molecule has 0 radical (unpaired) electrons. The van der Waals surface area contributed by atoms with Gasteiger partial charge >= 0.3 is 0 Å². The fourth-order valence-electron chi connectivity index (χ4n) is 1.86. The third-order valence-electron chi connectivity index (χ3n) is 2.79. The highest BCUT2D eigenvalue weighted by Gasteiger charge is 2.22. The Balaban J connectivity index is 1.87. The summed E-state index contributed by atoms with van der Waals surface area (Å²) in [4.78, 5) is 16.7.